The van der Waals surface area contributed by atoms with Crippen LogP contribution in [0.3, 0.4) is 0 Å². The smallest absolute Gasteiger partial charge is 0.261 e. The third-order valence-electron chi connectivity index (χ3n) is 5.39. The van der Waals surface area contributed by atoms with Gasteiger partial charge in [-0.3, -0.25) is 14.5 Å². The Balaban J connectivity index is 1.38. The zero-order valence-corrected chi connectivity index (χ0v) is 18.9. The van der Waals surface area contributed by atoms with E-state index in [4.69, 9.17) is 0 Å². The molecule has 1 atom stereocenters. The summed E-state index contributed by atoms with van der Waals surface area (Å²) in [4.78, 5) is 30.1. The lowest BCUT2D eigenvalue weighted by molar-refractivity contribution is -0.119. The van der Waals surface area contributed by atoms with Gasteiger partial charge in [-0.05, 0) is 50.1 Å². The minimum atomic E-state index is -0.0669. The number of carbonyl (C=O) groups excluding carboxylic acids is 2. The van der Waals surface area contributed by atoms with Gasteiger partial charge in [0.25, 0.3) is 5.91 Å². The van der Waals surface area contributed by atoms with Crippen LogP contribution in [0.1, 0.15) is 40.4 Å². The summed E-state index contributed by atoms with van der Waals surface area (Å²) in [7, 11) is 0. The lowest BCUT2D eigenvalue weighted by Crippen LogP contribution is -2.47. The van der Waals surface area contributed by atoms with Crippen LogP contribution < -0.4 is 15.5 Å². The number of anilines is 1. The number of carbonyl (C=O) groups is 2. The summed E-state index contributed by atoms with van der Waals surface area (Å²) in [5.74, 6) is -0.103. The quantitative estimate of drug-likeness (QED) is 0.678. The number of aryl methyl sites for hydroxylation is 1. The lowest BCUT2D eigenvalue weighted by atomic mass is 10.1. The van der Waals surface area contributed by atoms with Gasteiger partial charge in [0, 0.05) is 56.3 Å². The van der Waals surface area contributed by atoms with Crippen molar-refractivity contribution >= 4 is 28.8 Å². The van der Waals surface area contributed by atoms with E-state index in [1.165, 1.54) is 29.5 Å². The second kappa shape index (κ2) is 10.6. The zero-order chi connectivity index (χ0) is 21.5. The molecule has 7 heteroatoms. The summed E-state index contributed by atoms with van der Waals surface area (Å²) >= 11 is 1.43. The molecule has 162 valence electrons. The number of rotatable bonds is 8. The van der Waals surface area contributed by atoms with Gasteiger partial charge in [-0.2, -0.15) is 0 Å². The van der Waals surface area contributed by atoms with Crippen molar-refractivity contribution in [2.45, 2.75) is 39.8 Å². The number of nitrogens with one attached hydrogen (secondary N) is 2. The highest BCUT2D eigenvalue weighted by atomic mass is 32.1. The second-order valence-corrected chi connectivity index (χ2v) is 9.17. The maximum absolute atomic E-state index is 12.5. The number of thiophene rings is 1. The molecule has 0 saturated carbocycles. The molecular formula is C23H32N4O2S. The Morgan fingerprint density at radius 3 is 2.60 bits per heavy atom. The van der Waals surface area contributed by atoms with Crippen LogP contribution >= 0.6 is 11.3 Å². The third kappa shape index (κ3) is 6.57. The molecule has 6 nitrogen and oxygen atoms in total. The van der Waals surface area contributed by atoms with Crippen LogP contribution in [-0.4, -0.2) is 55.5 Å². The highest BCUT2D eigenvalue weighted by Gasteiger charge is 2.18. The molecule has 2 amide bonds. The van der Waals surface area contributed by atoms with Gasteiger partial charge < -0.3 is 15.5 Å². The predicted molar refractivity (Wildman–Crippen MR) is 123 cm³/mol. The second-order valence-electron chi connectivity index (χ2n) is 8.01. The topological polar surface area (TPSA) is 64.7 Å². The van der Waals surface area contributed by atoms with E-state index in [0.29, 0.717) is 11.4 Å². The largest absolute Gasteiger partial charge is 0.369 e. The highest BCUT2D eigenvalue weighted by molar-refractivity contribution is 7.14. The van der Waals surface area contributed by atoms with E-state index in [1.54, 1.807) is 0 Å². The van der Waals surface area contributed by atoms with Gasteiger partial charge in [0.05, 0.1) is 11.4 Å². The summed E-state index contributed by atoms with van der Waals surface area (Å²) in [6, 6.07) is 12.5. The maximum Gasteiger partial charge on any atom is 0.261 e. The molecule has 1 aliphatic rings. The molecule has 0 bridgehead atoms. The van der Waals surface area contributed by atoms with E-state index in [2.05, 4.69) is 58.5 Å². The Hall–Kier alpha value is -2.38. The fourth-order valence-electron chi connectivity index (χ4n) is 3.60. The highest BCUT2D eigenvalue weighted by Crippen LogP contribution is 2.18. The molecule has 1 saturated heterocycles. The average molecular weight is 429 g/mol. The third-order valence-corrected chi connectivity index (χ3v) is 6.48. The minimum absolute atomic E-state index is 0.0363. The summed E-state index contributed by atoms with van der Waals surface area (Å²) in [5.41, 5.74) is 2.61. The van der Waals surface area contributed by atoms with E-state index < -0.39 is 0 Å². The van der Waals surface area contributed by atoms with Gasteiger partial charge in [0.15, 0.2) is 0 Å². The monoisotopic (exact) mass is 428 g/mol. The van der Waals surface area contributed by atoms with E-state index >= 15 is 0 Å². The Morgan fingerprint density at radius 1 is 1.13 bits per heavy atom. The normalized spacial score (nSPS) is 15.6. The molecule has 0 aliphatic carbocycles. The number of hydrogen-bond donors (Lipinski definition) is 2. The number of nitrogens with zero attached hydrogens (tertiary/aromatic N) is 2. The van der Waals surface area contributed by atoms with Crippen LogP contribution in [0.5, 0.6) is 0 Å². The fourth-order valence-corrected chi connectivity index (χ4v) is 4.45. The van der Waals surface area contributed by atoms with Crippen LogP contribution in [0.4, 0.5) is 5.69 Å². The zero-order valence-electron chi connectivity index (χ0n) is 18.1. The molecular weight excluding hydrogens is 396 g/mol. The number of amides is 2. The van der Waals surface area contributed by atoms with Gasteiger partial charge in [0.2, 0.25) is 5.91 Å². The molecule has 1 unspecified atom stereocenters. The fraction of sp³-hybridized carbons (Fsp3) is 0.478. The molecule has 2 heterocycles. The number of benzene rings is 1. The van der Waals surface area contributed by atoms with Crippen molar-refractivity contribution < 1.29 is 9.59 Å². The Kier molecular flexibility index (Phi) is 7.87. The summed E-state index contributed by atoms with van der Waals surface area (Å²) in [6.45, 7) is 11.3. The Bertz CT molecular complexity index is 858. The van der Waals surface area contributed by atoms with E-state index in [1.807, 2.05) is 12.1 Å². The van der Waals surface area contributed by atoms with Crippen molar-refractivity contribution in [1.82, 2.24) is 15.5 Å². The molecule has 1 aromatic heterocycles. The molecule has 1 fully saturated rings. The Morgan fingerprint density at radius 2 is 1.90 bits per heavy atom. The van der Waals surface area contributed by atoms with Crippen molar-refractivity contribution in [2.75, 3.05) is 37.6 Å². The van der Waals surface area contributed by atoms with Crippen LogP contribution in [0.15, 0.2) is 36.4 Å². The molecule has 0 radical (unpaired) electrons. The van der Waals surface area contributed by atoms with Crippen LogP contribution in [0, 0.1) is 6.92 Å². The predicted octanol–water partition coefficient (Wildman–Crippen LogP) is 3.02. The summed E-state index contributed by atoms with van der Waals surface area (Å²) in [6.07, 6.45) is 0.931. The van der Waals surface area contributed by atoms with Gasteiger partial charge in [-0.1, -0.05) is 12.1 Å². The van der Waals surface area contributed by atoms with Gasteiger partial charge >= 0.3 is 0 Å². The molecule has 2 aromatic rings. The van der Waals surface area contributed by atoms with Crippen LogP contribution in [0.2, 0.25) is 0 Å². The molecule has 3 rings (SSSR count). The van der Waals surface area contributed by atoms with E-state index in [-0.39, 0.29) is 17.9 Å². The van der Waals surface area contributed by atoms with Gasteiger partial charge in [0.1, 0.15) is 0 Å². The molecule has 30 heavy (non-hydrogen) atoms. The van der Waals surface area contributed by atoms with Crippen LogP contribution in [-0.2, 0) is 11.3 Å². The van der Waals surface area contributed by atoms with Gasteiger partial charge in [-0.15, -0.1) is 11.3 Å². The first-order valence-electron chi connectivity index (χ1n) is 10.6. The first kappa shape index (κ1) is 22.3. The first-order valence-corrected chi connectivity index (χ1v) is 11.4. The molecule has 2 N–H and O–H groups in total. The van der Waals surface area contributed by atoms with Crippen molar-refractivity contribution in [1.29, 1.82) is 0 Å². The SMILES string of the molecule is CC(=O)NCc1ccc(C(=O)NC(C)CCN2CCN(c3cccc(C)c3)CC2)s1. The lowest BCUT2D eigenvalue weighted by Gasteiger charge is -2.36. The van der Waals surface area contributed by atoms with Crippen molar-refractivity contribution in [3.8, 4) is 0 Å². The average Bonchev–Trinajstić information content (AvgIpc) is 3.20. The number of hydrogen-bond acceptors (Lipinski definition) is 5. The molecule has 0 spiro atoms. The summed E-state index contributed by atoms with van der Waals surface area (Å²) < 4.78 is 0. The van der Waals surface area contributed by atoms with Crippen molar-refractivity contribution in [3.05, 3.63) is 51.7 Å². The minimum Gasteiger partial charge on any atom is -0.369 e. The van der Waals surface area contributed by atoms with Crippen LogP contribution in [0.25, 0.3) is 0 Å². The van der Waals surface area contributed by atoms with Crippen molar-refractivity contribution in [3.63, 3.8) is 0 Å². The van der Waals surface area contributed by atoms with E-state index in [9.17, 15) is 9.59 Å². The first-order chi connectivity index (χ1) is 14.4. The van der Waals surface area contributed by atoms with E-state index in [0.717, 1.165) is 44.0 Å². The molecule has 1 aromatic carbocycles. The Labute approximate surface area is 183 Å². The summed E-state index contributed by atoms with van der Waals surface area (Å²) in [5, 5.41) is 5.86. The van der Waals surface area contributed by atoms with Crippen molar-refractivity contribution in [2.24, 2.45) is 0 Å². The molecule has 1 aliphatic heterocycles. The van der Waals surface area contributed by atoms with Gasteiger partial charge in [-0.25, -0.2) is 0 Å². The maximum atomic E-state index is 12.5. The standard InChI is InChI=1S/C23H32N4O2S/c1-17-5-4-6-20(15-17)27-13-11-26(12-14-27)10-9-18(2)25-23(29)22-8-7-21(30-22)16-24-19(3)28/h4-8,15,18H,9-14,16H2,1-3H3,(H,24,28)(H,25,29). The number of piperazine rings is 1.